The van der Waals surface area contributed by atoms with Crippen LogP contribution in [0.15, 0.2) is 47.1 Å². The lowest BCUT2D eigenvalue weighted by molar-refractivity contribution is 0.432. The summed E-state index contributed by atoms with van der Waals surface area (Å²) in [4.78, 5) is 2.02. The number of para-hydroxylation sites is 1. The smallest absolute Gasteiger partial charge is 0.146 e. The van der Waals surface area contributed by atoms with Crippen LogP contribution in [-0.4, -0.2) is 19.6 Å². The lowest BCUT2D eigenvalue weighted by Crippen LogP contribution is -2.33. The lowest BCUT2D eigenvalue weighted by atomic mass is 10.2. The van der Waals surface area contributed by atoms with Gasteiger partial charge in [-0.15, -0.1) is 0 Å². The Morgan fingerprint density at radius 2 is 2.05 bits per heavy atom. The van der Waals surface area contributed by atoms with Crippen molar-refractivity contribution in [1.82, 2.24) is 5.32 Å². The highest BCUT2D eigenvalue weighted by Gasteiger charge is 2.11. The maximum Gasteiger partial charge on any atom is 0.146 e. The van der Waals surface area contributed by atoms with Crippen molar-refractivity contribution in [3.63, 3.8) is 0 Å². The van der Waals surface area contributed by atoms with Crippen LogP contribution in [0.1, 0.15) is 25.6 Å². The monoisotopic (exact) mass is 276 g/mol. The van der Waals surface area contributed by atoms with Crippen LogP contribution in [0.3, 0.4) is 0 Å². The van der Waals surface area contributed by atoms with Gasteiger partial charge in [-0.3, -0.25) is 0 Å². The van der Waals surface area contributed by atoms with Crippen molar-refractivity contribution < 1.29 is 8.81 Å². The van der Waals surface area contributed by atoms with Gasteiger partial charge in [0.05, 0.1) is 18.0 Å². The molecular formula is C16H21FN2O. The minimum atomic E-state index is -0.173. The third kappa shape index (κ3) is 3.61. The van der Waals surface area contributed by atoms with Gasteiger partial charge >= 0.3 is 0 Å². The average Bonchev–Trinajstić information content (AvgIpc) is 2.99. The van der Waals surface area contributed by atoms with Crippen LogP contribution in [0.2, 0.25) is 0 Å². The molecule has 1 aromatic heterocycles. The number of rotatable bonds is 7. The third-order valence-corrected chi connectivity index (χ3v) is 3.38. The summed E-state index contributed by atoms with van der Waals surface area (Å²) in [5.74, 6) is 0.743. The number of likely N-dealkylation sites (N-methyl/N-ethyl adjacent to an activating group) is 1. The Morgan fingerprint density at radius 3 is 2.70 bits per heavy atom. The van der Waals surface area contributed by atoms with Crippen molar-refractivity contribution in [2.75, 3.05) is 24.5 Å². The number of furan rings is 1. The zero-order chi connectivity index (χ0) is 14.4. The largest absolute Gasteiger partial charge is 0.468 e. The minimum Gasteiger partial charge on any atom is -0.468 e. The summed E-state index contributed by atoms with van der Waals surface area (Å²) < 4.78 is 19.1. The topological polar surface area (TPSA) is 28.4 Å². The van der Waals surface area contributed by atoms with E-state index in [1.54, 1.807) is 12.3 Å². The molecule has 0 radical (unpaired) electrons. The standard InChI is InChI=1S/C16H21FN2O/c1-3-19(15-8-5-4-7-14(15)17)11-10-18-13(2)16-9-6-12-20-16/h4-9,12-13,18H,3,10-11H2,1-2H3. The van der Waals surface area contributed by atoms with Crippen LogP contribution in [0.5, 0.6) is 0 Å². The quantitative estimate of drug-likeness (QED) is 0.837. The predicted octanol–water partition coefficient (Wildman–Crippen LogP) is 3.60. The SMILES string of the molecule is CCN(CCNC(C)c1ccco1)c1ccccc1F. The molecule has 1 atom stereocenters. The van der Waals surface area contributed by atoms with E-state index in [9.17, 15) is 4.39 Å². The van der Waals surface area contributed by atoms with E-state index in [2.05, 4.69) is 12.2 Å². The molecule has 4 heteroatoms. The Labute approximate surface area is 119 Å². The molecule has 2 rings (SSSR count). The highest BCUT2D eigenvalue weighted by atomic mass is 19.1. The molecule has 0 saturated heterocycles. The lowest BCUT2D eigenvalue weighted by Gasteiger charge is -2.24. The Morgan fingerprint density at radius 1 is 1.25 bits per heavy atom. The van der Waals surface area contributed by atoms with E-state index in [0.29, 0.717) is 5.69 Å². The number of hydrogen-bond donors (Lipinski definition) is 1. The van der Waals surface area contributed by atoms with Crippen molar-refractivity contribution in [3.8, 4) is 0 Å². The fourth-order valence-corrected chi connectivity index (χ4v) is 2.21. The normalized spacial score (nSPS) is 12.3. The van der Waals surface area contributed by atoms with Gasteiger partial charge in [-0.25, -0.2) is 4.39 Å². The molecule has 2 aromatic rings. The summed E-state index contributed by atoms with van der Waals surface area (Å²) in [6.07, 6.45) is 1.67. The Balaban J connectivity index is 1.87. The summed E-state index contributed by atoms with van der Waals surface area (Å²) in [5, 5.41) is 3.38. The van der Waals surface area contributed by atoms with Crippen LogP contribution >= 0.6 is 0 Å². The first kappa shape index (κ1) is 14.6. The van der Waals surface area contributed by atoms with Crippen molar-refractivity contribution >= 4 is 5.69 Å². The first-order chi connectivity index (χ1) is 9.72. The number of nitrogens with one attached hydrogen (secondary N) is 1. The Bertz CT molecular complexity index is 513. The number of anilines is 1. The molecule has 0 spiro atoms. The molecule has 0 saturated carbocycles. The fourth-order valence-electron chi connectivity index (χ4n) is 2.21. The number of halogens is 1. The molecule has 0 fully saturated rings. The second-order valence-corrected chi connectivity index (χ2v) is 4.72. The highest BCUT2D eigenvalue weighted by Crippen LogP contribution is 2.18. The van der Waals surface area contributed by atoms with Gasteiger partial charge in [0.1, 0.15) is 11.6 Å². The zero-order valence-electron chi connectivity index (χ0n) is 12.0. The maximum absolute atomic E-state index is 13.8. The van der Waals surface area contributed by atoms with Crippen LogP contribution in [0, 0.1) is 5.82 Å². The highest BCUT2D eigenvalue weighted by molar-refractivity contribution is 5.47. The molecule has 3 nitrogen and oxygen atoms in total. The molecule has 1 aromatic carbocycles. The van der Waals surface area contributed by atoms with E-state index < -0.39 is 0 Å². The number of nitrogens with zero attached hydrogens (tertiary/aromatic N) is 1. The predicted molar refractivity (Wildman–Crippen MR) is 79.4 cm³/mol. The zero-order valence-corrected chi connectivity index (χ0v) is 12.0. The van der Waals surface area contributed by atoms with Crippen LogP contribution in [-0.2, 0) is 0 Å². The van der Waals surface area contributed by atoms with Crippen LogP contribution in [0.25, 0.3) is 0 Å². The van der Waals surface area contributed by atoms with Crippen LogP contribution in [0.4, 0.5) is 10.1 Å². The van der Waals surface area contributed by atoms with E-state index in [1.807, 2.05) is 36.1 Å². The van der Waals surface area contributed by atoms with Crippen molar-refractivity contribution in [3.05, 3.63) is 54.2 Å². The van der Waals surface area contributed by atoms with E-state index in [0.717, 1.165) is 25.4 Å². The van der Waals surface area contributed by atoms with Gasteiger partial charge < -0.3 is 14.6 Å². The van der Waals surface area contributed by atoms with E-state index >= 15 is 0 Å². The molecule has 1 heterocycles. The third-order valence-electron chi connectivity index (χ3n) is 3.38. The van der Waals surface area contributed by atoms with Gasteiger partial charge in [0.2, 0.25) is 0 Å². The number of hydrogen-bond acceptors (Lipinski definition) is 3. The molecule has 0 aliphatic rings. The molecule has 20 heavy (non-hydrogen) atoms. The first-order valence-electron chi connectivity index (χ1n) is 6.98. The van der Waals surface area contributed by atoms with Gasteiger partial charge in [0, 0.05) is 19.6 Å². The second kappa shape index (κ2) is 7.10. The summed E-state index contributed by atoms with van der Waals surface area (Å²) in [5.41, 5.74) is 0.655. The summed E-state index contributed by atoms with van der Waals surface area (Å²) in [6, 6.07) is 10.9. The van der Waals surface area contributed by atoms with Gasteiger partial charge in [0.15, 0.2) is 0 Å². The second-order valence-electron chi connectivity index (χ2n) is 4.72. The molecule has 0 amide bonds. The minimum absolute atomic E-state index is 0.157. The van der Waals surface area contributed by atoms with Crippen LogP contribution < -0.4 is 10.2 Å². The molecule has 0 aliphatic heterocycles. The molecule has 0 bridgehead atoms. The Kier molecular flexibility index (Phi) is 5.18. The summed E-state index contributed by atoms with van der Waals surface area (Å²) in [6.45, 7) is 6.38. The average molecular weight is 276 g/mol. The Hall–Kier alpha value is -1.81. The maximum atomic E-state index is 13.8. The van der Waals surface area contributed by atoms with Gasteiger partial charge in [-0.05, 0) is 38.1 Å². The molecule has 1 unspecified atom stereocenters. The summed E-state index contributed by atoms with van der Waals surface area (Å²) >= 11 is 0. The number of benzene rings is 1. The molecule has 1 N–H and O–H groups in total. The van der Waals surface area contributed by atoms with E-state index in [-0.39, 0.29) is 11.9 Å². The molecule has 0 aliphatic carbocycles. The van der Waals surface area contributed by atoms with Gasteiger partial charge in [-0.1, -0.05) is 12.1 Å². The van der Waals surface area contributed by atoms with Crippen molar-refractivity contribution in [2.45, 2.75) is 19.9 Å². The summed E-state index contributed by atoms with van der Waals surface area (Å²) in [7, 11) is 0. The molecule has 108 valence electrons. The van der Waals surface area contributed by atoms with Gasteiger partial charge in [0.25, 0.3) is 0 Å². The van der Waals surface area contributed by atoms with Gasteiger partial charge in [-0.2, -0.15) is 0 Å². The fraction of sp³-hybridized carbons (Fsp3) is 0.375. The molecular weight excluding hydrogens is 255 g/mol. The van der Waals surface area contributed by atoms with Crippen molar-refractivity contribution in [1.29, 1.82) is 0 Å². The van der Waals surface area contributed by atoms with E-state index in [4.69, 9.17) is 4.42 Å². The first-order valence-corrected chi connectivity index (χ1v) is 6.98. The van der Waals surface area contributed by atoms with E-state index in [1.165, 1.54) is 6.07 Å². The van der Waals surface area contributed by atoms with Crippen molar-refractivity contribution in [2.24, 2.45) is 0 Å².